The zero-order valence-electron chi connectivity index (χ0n) is 15.2. The Labute approximate surface area is 158 Å². The maximum absolute atomic E-state index is 12.8. The van der Waals surface area contributed by atoms with Crippen LogP contribution >= 0.6 is 11.6 Å². The smallest absolute Gasteiger partial charge is 0.252 e. The van der Waals surface area contributed by atoms with Crippen LogP contribution in [0.5, 0.6) is 0 Å². The van der Waals surface area contributed by atoms with Crippen LogP contribution in [0.2, 0.25) is 5.02 Å². The molecule has 0 aliphatic carbocycles. The third kappa shape index (κ3) is 4.03. The summed E-state index contributed by atoms with van der Waals surface area (Å²) >= 11 is 6.34. The Morgan fingerprint density at radius 1 is 1.15 bits per heavy atom. The second-order valence-electron chi connectivity index (χ2n) is 6.61. The molecule has 2 aromatic carbocycles. The van der Waals surface area contributed by atoms with Crippen LogP contribution < -0.4 is 5.32 Å². The van der Waals surface area contributed by atoms with Crippen LogP contribution in [-0.2, 0) is 0 Å². The van der Waals surface area contributed by atoms with E-state index in [-0.39, 0.29) is 5.91 Å². The predicted octanol–water partition coefficient (Wildman–Crippen LogP) is 4.16. The molecule has 0 bridgehead atoms. The summed E-state index contributed by atoms with van der Waals surface area (Å²) in [6.45, 7) is 3.38. The van der Waals surface area contributed by atoms with E-state index in [0.29, 0.717) is 22.8 Å². The summed E-state index contributed by atoms with van der Waals surface area (Å²) in [6.07, 6.45) is 0. The summed E-state index contributed by atoms with van der Waals surface area (Å²) in [7, 11) is 3.96. The van der Waals surface area contributed by atoms with Gasteiger partial charge in [-0.3, -0.25) is 4.79 Å². The molecule has 5 heteroatoms. The van der Waals surface area contributed by atoms with Crippen LogP contribution in [0.3, 0.4) is 0 Å². The van der Waals surface area contributed by atoms with Crippen molar-refractivity contribution in [1.82, 2.24) is 15.2 Å². The van der Waals surface area contributed by atoms with Crippen molar-refractivity contribution in [3.05, 3.63) is 64.7 Å². The third-order valence-electron chi connectivity index (χ3n) is 4.20. The van der Waals surface area contributed by atoms with Gasteiger partial charge in [-0.25, -0.2) is 4.98 Å². The number of aryl methyl sites for hydroxylation is 1. The fraction of sp³-hybridized carbons (Fsp3) is 0.238. The molecule has 1 aromatic heterocycles. The van der Waals surface area contributed by atoms with Crippen molar-refractivity contribution in [3.8, 4) is 11.3 Å². The highest BCUT2D eigenvalue weighted by atomic mass is 35.5. The number of nitrogens with one attached hydrogen (secondary N) is 1. The van der Waals surface area contributed by atoms with Gasteiger partial charge >= 0.3 is 0 Å². The standard InChI is InChI=1S/C21H22ClN3O/c1-14-8-9-19-16(12-14)17(21(26)23-10-11-25(2)3)13-20(24-19)15-6-4-5-7-18(15)22/h4-9,12-13H,10-11H2,1-3H3,(H,23,26). The minimum atomic E-state index is -0.0989. The van der Waals surface area contributed by atoms with E-state index >= 15 is 0 Å². The van der Waals surface area contributed by atoms with Crippen LogP contribution in [0.1, 0.15) is 15.9 Å². The Bertz CT molecular complexity index is 953. The van der Waals surface area contributed by atoms with Crippen molar-refractivity contribution < 1.29 is 4.79 Å². The predicted molar refractivity (Wildman–Crippen MR) is 108 cm³/mol. The summed E-state index contributed by atoms with van der Waals surface area (Å²) in [4.78, 5) is 19.6. The first-order valence-corrected chi connectivity index (χ1v) is 8.93. The molecule has 0 fully saturated rings. The number of fused-ring (bicyclic) bond motifs is 1. The molecular formula is C21H22ClN3O. The zero-order chi connectivity index (χ0) is 18.7. The minimum Gasteiger partial charge on any atom is -0.351 e. The summed E-state index contributed by atoms with van der Waals surface area (Å²) < 4.78 is 0. The van der Waals surface area contributed by atoms with E-state index in [9.17, 15) is 4.79 Å². The van der Waals surface area contributed by atoms with Crippen molar-refractivity contribution in [2.75, 3.05) is 27.2 Å². The molecule has 0 spiro atoms. The first-order valence-electron chi connectivity index (χ1n) is 8.55. The molecule has 0 unspecified atom stereocenters. The summed E-state index contributed by atoms with van der Waals surface area (Å²) in [5.74, 6) is -0.0989. The van der Waals surface area contributed by atoms with Gasteiger partial charge in [-0.05, 0) is 45.3 Å². The maximum Gasteiger partial charge on any atom is 0.252 e. The van der Waals surface area contributed by atoms with Gasteiger partial charge in [0.1, 0.15) is 0 Å². The van der Waals surface area contributed by atoms with Gasteiger partial charge < -0.3 is 10.2 Å². The molecular weight excluding hydrogens is 346 g/mol. The van der Waals surface area contributed by atoms with Crippen molar-refractivity contribution in [2.24, 2.45) is 0 Å². The number of aromatic nitrogens is 1. The van der Waals surface area contributed by atoms with Gasteiger partial charge in [0.2, 0.25) is 0 Å². The quantitative estimate of drug-likeness (QED) is 0.736. The molecule has 26 heavy (non-hydrogen) atoms. The topological polar surface area (TPSA) is 45.2 Å². The fourth-order valence-electron chi connectivity index (χ4n) is 2.82. The number of carbonyl (C=O) groups is 1. The molecule has 134 valence electrons. The van der Waals surface area contributed by atoms with E-state index < -0.39 is 0 Å². The molecule has 0 aliphatic rings. The summed E-state index contributed by atoms with van der Waals surface area (Å²) in [5.41, 5.74) is 4.01. The lowest BCUT2D eigenvalue weighted by Crippen LogP contribution is -2.31. The van der Waals surface area contributed by atoms with E-state index in [1.54, 1.807) is 0 Å². The van der Waals surface area contributed by atoms with Crippen LogP contribution in [0, 0.1) is 6.92 Å². The molecule has 1 N–H and O–H groups in total. The first-order chi connectivity index (χ1) is 12.5. The van der Waals surface area contributed by atoms with Crippen LogP contribution in [0.15, 0.2) is 48.5 Å². The Hall–Kier alpha value is -2.43. The van der Waals surface area contributed by atoms with Gasteiger partial charge in [0.25, 0.3) is 5.91 Å². The number of halogens is 1. The number of carbonyl (C=O) groups excluding carboxylic acids is 1. The van der Waals surface area contributed by atoms with E-state index in [1.165, 1.54) is 0 Å². The number of likely N-dealkylation sites (N-methyl/N-ethyl adjacent to an activating group) is 1. The average Bonchev–Trinajstić information content (AvgIpc) is 2.61. The number of benzene rings is 2. The van der Waals surface area contributed by atoms with Gasteiger partial charge in [-0.1, -0.05) is 41.4 Å². The monoisotopic (exact) mass is 367 g/mol. The van der Waals surface area contributed by atoms with E-state index in [2.05, 4.69) is 5.32 Å². The van der Waals surface area contributed by atoms with E-state index in [4.69, 9.17) is 16.6 Å². The number of pyridine rings is 1. The number of nitrogens with zero attached hydrogens (tertiary/aromatic N) is 2. The maximum atomic E-state index is 12.8. The average molecular weight is 368 g/mol. The minimum absolute atomic E-state index is 0.0989. The van der Waals surface area contributed by atoms with E-state index in [1.807, 2.05) is 74.4 Å². The molecule has 0 saturated heterocycles. The molecule has 3 rings (SSSR count). The fourth-order valence-corrected chi connectivity index (χ4v) is 3.06. The van der Waals surface area contributed by atoms with E-state index in [0.717, 1.165) is 28.6 Å². The molecule has 4 nitrogen and oxygen atoms in total. The van der Waals surface area contributed by atoms with Crippen molar-refractivity contribution in [1.29, 1.82) is 0 Å². The Morgan fingerprint density at radius 2 is 1.92 bits per heavy atom. The Morgan fingerprint density at radius 3 is 2.65 bits per heavy atom. The zero-order valence-corrected chi connectivity index (χ0v) is 16.0. The second-order valence-corrected chi connectivity index (χ2v) is 7.02. The van der Waals surface area contributed by atoms with Crippen molar-refractivity contribution in [3.63, 3.8) is 0 Å². The highest BCUT2D eigenvalue weighted by Crippen LogP contribution is 2.30. The summed E-state index contributed by atoms with van der Waals surface area (Å²) in [6, 6.07) is 15.3. The number of amides is 1. The van der Waals surface area contributed by atoms with Crippen molar-refractivity contribution in [2.45, 2.75) is 6.92 Å². The van der Waals surface area contributed by atoms with Gasteiger partial charge in [0.15, 0.2) is 0 Å². The molecule has 3 aromatic rings. The molecule has 0 saturated carbocycles. The lowest BCUT2D eigenvalue weighted by molar-refractivity contribution is 0.0952. The van der Waals surface area contributed by atoms with Crippen LogP contribution in [0.4, 0.5) is 0 Å². The molecule has 1 heterocycles. The second kappa shape index (κ2) is 7.85. The van der Waals surface area contributed by atoms with Gasteiger partial charge in [-0.2, -0.15) is 0 Å². The number of hydrogen-bond donors (Lipinski definition) is 1. The number of hydrogen-bond acceptors (Lipinski definition) is 3. The normalized spacial score (nSPS) is 11.1. The summed E-state index contributed by atoms with van der Waals surface area (Å²) in [5, 5.41) is 4.46. The van der Waals surface area contributed by atoms with Gasteiger partial charge in [0.05, 0.1) is 16.8 Å². The lowest BCUT2D eigenvalue weighted by Gasteiger charge is -2.13. The SMILES string of the molecule is Cc1ccc2nc(-c3ccccc3Cl)cc(C(=O)NCCN(C)C)c2c1. The molecule has 0 radical (unpaired) electrons. The molecule has 1 amide bonds. The largest absolute Gasteiger partial charge is 0.351 e. The number of rotatable bonds is 5. The van der Waals surface area contributed by atoms with Crippen LogP contribution in [-0.4, -0.2) is 43.0 Å². The Kier molecular flexibility index (Phi) is 5.55. The lowest BCUT2D eigenvalue weighted by atomic mass is 10.0. The first kappa shape index (κ1) is 18.4. The molecule has 0 aliphatic heterocycles. The highest BCUT2D eigenvalue weighted by molar-refractivity contribution is 6.33. The van der Waals surface area contributed by atoms with Gasteiger partial charge in [0, 0.05) is 29.1 Å². The molecule has 0 atom stereocenters. The highest BCUT2D eigenvalue weighted by Gasteiger charge is 2.15. The van der Waals surface area contributed by atoms with Gasteiger partial charge in [-0.15, -0.1) is 0 Å². The van der Waals surface area contributed by atoms with Crippen LogP contribution in [0.25, 0.3) is 22.2 Å². The third-order valence-corrected chi connectivity index (χ3v) is 4.53. The Balaban J connectivity index is 2.08. The van der Waals surface area contributed by atoms with Crippen molar-refractivity contribution >= 4 is 28.4 Å².